The van der Waals surface area contributed by atoms with E-state index in [1.807, 2.05) is 19.1 Å². The summed E-state index contributed by atoms with van der Waals surface area (Å²) in [6, 6.07) is 3.69. The number of pyridine rings is 1. The molecule has 2 N–H and O–H groups in total. The van der Waals surface area contributed by atoms with Gasteiger partial charge < -0.3 is 19.8 Å². The number of anilines is 1. The summed E-state index contributed by atoms with van der Waals surface area (Å²) in [4.78, 5) is 6.42. The highest BCUT2D eigenvalue weighted by atomic mass is 16.5. The molecule has 0 aliphatic carbocycles. The maximum absolute atomic E-state index is 9.78. The highest BCUT2D eigenvalue weighted by molar-refractivity contribution is 5.48. The highest BCUT2D eigenvalue weighted by Crippen LogP contribution is 2.26. The van der Waals surface area contributed by atoms with Gasteiger partial charge in [-0.05, 0) is 19.9 Å². The largest absolute Gasteiger partial charge is 0.394 e. The lowest BCUT2D eigenvalue weighted by Crippen LogP contribution is -2.48. The molecule has 0 radical (unpaired) electrons. The normalized spacial score (nSPS) is 26.1. The second-order valence-corrected chi connectivity index (χ2v) is 4.75. The summed E-state index contributed by atoms with van der Waals surface area (Å²) in [6.45, 7) is 5.01. The van der Waals surface area contributed by atoms with Crippen molar-refractivity contribution < 1.29 is 14.9 Å². The number of hydrogen-bond acceptors (Lipinski definition) is 5. The average Bonchev–Trinajstić information content (AvgIpc) is 2.38. The van der Waals surface area contributed by atoms with Crippen molar-refractivity contribution in [2.24, 2.45) is 0 Å². The summed E-state index contributed by atoms with van der Waals surface area (Å²) in [7, 11) is 0. The molecule has 2 rings (SSSR count). The minimum atomic E-state index is -0.556. The van der Waals surface area contributed by atoms with E-state index in [1.54, 1.807) is 13.1 Å². The van der Waals surface area contributed by atoms with Crippen LogP contribution in [0.4, 0.5) is 5.82 Å². The van der Waals surface area contributed by atoms with E-state index in [4.69, 9.17) is 4.74 Å². The lowest BCUT2D eigenvalue weighted by Gasteiger charge is -2.37. The summed E-state index contributed by atoms with van der Waals surface area (Å²) in [5.41, 5.74) is 0.809. The summed E-state index contributed by atoms with van der Waals surface area (Å²) in [6.07, 6.45) is 1.01. The minimum absolute atomic E-state index is 0.00230. The first kappa shape index (κ1) is 13.3. The van der Waals surface area contributed by atoms with Crippen LogP contribution >= 0.6 is 0 Å². The molecule has 1 aromatic rings. The van der Waals surface area contributed by atoms with Gasteiger partial charge in [0.2, 0.25) is 0 Å². The van der Waals surface area contributed by atoms with Gasteiger partial charge in [-0.1, -0.05) is 6.07 Å². The number of ether oxygens (including phenoxy) is 1. The Morgan fingerprint density at radius 2 is 2.33 bits per heavy atom. The van der Waals surface area contributed by atoms with Crippen LogP contribution in [0.25, 0.3) is 0 Å². The number of aliphatic hydroxyl groups is 2. The fourth-order valence-electron chi connectivity index (χ4n) is 2.32. The summed E-state index contributed by atoms with van der Waals surface area (Å²) < 4.78 is 5.61. The fourth-order valence-corrected chi connectivity index (χ4v) is 2.32. The Bertz CT molecular complexity index is 398. The molecule has 0 amide bonds. The molecule has 1 aromatic heterocycles. The molecular formula is C13H20N2O3. The smallest absolute Gasteiger partial charge is 0.134 e. The van der Waals surface area contributed by atoms with Gasteiger partial charge >= 0.3 is 0 Å². The quantitative estimate of drug-likeness (QED) is 0.830. The molecule has 3 atom stereocenters. The van der Waals surface area contributed by atoms with Crippen molar-refractivity contribution in [2.45, 2.75) is 32.2 Å². The second-order valence-electron chi connectivity index (χ2n) is 4.75. The van der Waals surface area contributed by atoms with Crippen molar-refractivity contribution in [1.82, 2.24) is 4.98 Å². The van der Waals surface area contributed by atoms with Crippen molar-refractivity contribution in [2.75, 3.05) is 24.6 Å². The first-order valence-corrected chi connectivity index (χ1v) is 6.26. The van der Waals surface area contributed by atoms with Gasteiger partial charge in [0.25, 0.3) is 0 Å². The zero-order chi connectivity index (χ0) is 13.1. The lowest BCUT2D eigenvalue weighted by molar-refractivity contribution is -0.0424. The van der Waals surface area contributed by atoms with Crippen molar-refractivity contribution in [1.29, 1.82) is 0 Å². The van der Waals surface area contributed by atoms with Crippen molar-refractivity contribution in [3.05, 3.63) is 23.9 Å². The number of hydrogen-bond donors (Lipinski definition) is 2. The molecule has 0 bridgehead atoms. The molecule has 1 aliphatic rings. The van der Waals surface area contributed by atoms with Crippen LogP contribution in [0.2, 0.25) is 0 Å². The SMILES string of the molecule is CC1CN(c2ncccc2[C@H](C)O)CC(CO)O1. The van der Waals surface area contributed by atoms with E-state index in [0.717, 1.165) is 11.4 Å². The number of nitrogens with zero attached hydrogens (tertiary/aromatic N) is 2. The third-order valence-electron chi connectivity index (χ3n) is 3.10. The topological polar surface area (TPSA) is 65.8 Å². The van der Waals surface area contributed by atoms with Gasteiger partial charge in [0.1, 0.15) is 5.82 Å². The Balaban J connectivity index is 2.25. The second kappa shape index (κ2) is 5.65. The first-order valence-electron chi connectivity index (χ1n) is 6.26. The highest BCUT2D eigenvalue weighted by Gasteiger charge is 2.27. The van der Waals surface area contributed by atoms with Gasteiger partial charge in [-0.3, -0.25) is 0 Å². The van der Waals surface area contributed by atoms with E-state index in [1.165, 1.54) is 0 Å². The molecule has 1 fully saturated rings. The molecule has 0 aromatic carbocycles. The zero-order valence-corrected chi connectivity index (χ0v) is 10.8. The van der Waals surface area contributed by atoms with Gasteiger partial charge in [-0.15, -0.1) is 0 Å². The fraction of sp³-hybridized carbons (Fsp3) is 0.615. The van der Waals surface area contributed by atoms with Gasteiger partial charge in [0.15, 0.2) is 0 Å². The summed E-state index contributed by atoms with van der Waals surface area (Å²) in [5.74, 6) is 0.779. The van der Waals surface area contributed by atoms with Crippen LogP contribution < -0.4 is 4.90 Å². The number of aromatic nitrogens is 1. The van der Waals surface area contributed by atoms with Crippen LogP contribution in [0.3, 0.4) is 0 Å². The van der Waals surface area contributed by atoms with Gasteiger partial charge in [0, 0.05) is 24.8 Å². The molecule has 0 spiro atoms. The number of rotatable bonds is 3. The van der Waals surface area contributed by atoms with Crippen molar-refractivity contribution in [3.63, 3.8) is 0 Å². The third-order valence-corrected chi connectivity index (χ3v) is 3.10. The van der Waals surface area contributed by atoms with Gasteiger partial charge in [-0.25, -0.2) is 4.98 Å². The molecular weight excluding hydrogens is 232 g/mol. The Morgan fingerprint density at radius 3 is 3.00 bits per heavy atom. The Kier molecular flexibility index (Phi) is 4.16. The Labute approximate surface area is 107 Å². The molecule has 18 heavy (non-hydrogen) atoms. The zero-order valence-electron chi connectivity index (χ0n) is 10.8. The standard InChI is InChI=1S/C13H20N2O3/c1-9-6-15(7-11(8-16)18-9)13-12(10(2)17)4-3-5-14-13/h3-5,9-11,16-17H,6-8H2,1-2H3/t9?,10-,11?/m0/s1. The molecule has 2 unspecified atom stereocenters. The lowest BCUT2D eigenvalue weighted by atomic mass is 10.1. The van der Waals surface area contributed by atoms with Crippen LogP contribution in [-0.2, 0) is 4.74 Å². The van der Waals surface area contributed by atoms with Crippen LogP contribution in [-0.4, -0.2) is 47.1 Å². The predicted molar refractivity (Wildman–Crippen MR) is 68.5 cm³/mol. The van der Waals surface area contributed by atoms with Gasteiger partial charge in [-0.2, -0.15) is 0 Å². The monoisotopic (exact) mass is 252 g/mol. The van der Waals surface area contributed by atoms with Crippen LogP contribution in [0.1, 0.15) is 25.5 Å². The molecule has 1 aliphatic heterocycles. The third kappa shape index (κ3) is 2.80. The van der Waals surface area contributed by atoms with E-state index in [-0.39, 0.29) is 18.8 Å². The van der Waals surface area contributed by atoms with Crippen molar-refractivity contribution in [3.8, 4) is 0 Å². The van der Waals surface area contributed by atoms with E-state index in [0.29, 0.717) is 13.1 Å². The molecule has 2 heterocycles. The molecule has 0 saturated carbocycles. The van der Waals surface area contributed by atoms with E-state index < -0.39 is 6.10 Å². The Morgan fingerprint density at radius 1 is 1.56 bits per heavy atom. The number of aliphatic hydroxyl groups excluding tert-OH is 2. The summed E-state index contributed by atoms with van der Waals surface area (Å²) in [5, 5.41) is 19.0. The van der Waals surface area contributed by atoms with Crippen LogP contribution in [0.5, 0.6) is 0 Å². The molecule has 1 saturated heterocycles. The minimum Gasteiger partial charge on any atom is -0.394 e. The average molecular weight is 252 g/mol. The van der Waals surface area contributed by atoms with Crippen LogP contribution in [0, 0.1) is 0 Å². The summed E-state index contributed by atoms with van der Waals surface area (Å²) >= 11 is 0. The Hall–Kier alpha value is -1.17. The maximum atomic E-state index is 9.78. The van der Waals surface area contributed by atoms with E-state index >= 15 is 0 Å². The predicted octanol–water partition coefficient (Wildman–Crippen LogP) is 0.721. The maximum Gasteiger partial charge on any atom is 0.134 e. The number of morpholine rings is 1. The van der Waals surface area contributed by atoms with Gasteiger partial charge in [0.05, 0.1) is 24.9 Å². The molecule has 5 nitrogen and oxygen atoms in total. The van der Waals surface area contributed by atoms with E-state index in [9.17, 15) is 10.2 Å². The molecule has 100 valence electrons. The molecule has 5 heteroatoms. The van der Waals surface area contributed by atoms with Crippen molar-refractivity contribution >= 4 is 5.82 Å². The van der Waals surface area contributed by atoms with E-state index in [2.05, 4.69) is 9.88 Å². The first-order chi connectivity index (χ1) is 8.61. The van der Waals surface area contributed by atoms with Crippen LogP contribution in [0.15, 0.2) is 18.3 Å².